The van der Waals surface area contributed by atoms with Crippen LogP contribution in [0, 0.1) is 0 Å². The summed E-state index contributed by atoms with van der Waals surface area (Å²) in [7, 11) is 3.52. The second kappa shape index (κ2) is 7.64. The standard InChI is InChI=1S/C15H22ClN3O2/c1-19(9-12-4-3-7-17-12)10-15(20)18-13-8-11(16)5-6-14(13)21-2/h5-6,8,12,17H,3-4,7,9-10H2,1-2H3,(H,18,20). The number of hydrogen-bond donors (Lipinski definition) is 2. The van der Waals surface area contributed by atoms with E-state index in [1.54, 1.807) is 25.3 Å². The summed E-state index contributed by atoms with van der Waals surface area (Å²) >= 11 is 5.95. The number of amides is 1. The summed E-state index contributed by atoms with van der Waals surface area (Å²) in [5.41, 5.74) is 0.599. The summed E-state index contributed by atoms with van der Waals surface area (Å²) < 4.78 is 5.22. The van der Waals surface area contributed by atoms with Crippen molar-refractivity contribution in [2.45, 2.75) is 18.9 Å². The van der Waals surface area contributed by atoms with Crippen molar-refractivity contribution in [2.24, 2.45) is 0 Å². The molecule has 1 aromatic carbocycles. The van der Waals surface area contributed by atoms with Gasteiger partial charge in [0.15, 0.2) is 0 Å². The molecule has 1 heterocycles. The van der Waals surface area contributed by atoms with Crippen molar-refractivity contribution in [3.63, 3.8) is 0 Å². The third-order valence-corrected chi connectivity index (χ3v) is 3.78. The van der Waals surface area contributed by atoms with Crippen LogP contribution < -0.4 is 15.4 Å². The van der Waals surface area contributed by atoms with Crippen molar-refractivity contribution in [3.05, 3.63) is 23.2 Å². The summed E-state index contributed by atoms with van der Waals surface area (Å²) in [5.74, 6) is 0.531. The molecule has 6 heteroatoms. The average molecular weight is 312 g/mol. The van der Waals surface area contributed by atoms with Crippen LogP contribution in [-0.4, -0.2) is 50.6 Å². The molecule has 21 heavy (non-hydrogen) atoms. The van der Waals surface area contributed by atoms with Crippen molar-refractivity contribution in [1.82, 2.24) is 10.2 Å². The van der Waals surface area contributed by atoms with E-state index in [4.69, 9.17) is 16.3 Å². The van der Waals surface area contributed by atoms with Crippen LogP contribution in [0.15, 0.2) is 18.2 Å². The molecular formula is C15H22ClN3O2. The number of benzene rings is 1. The zero-order valence-electron chi connectivity index (χ0n) is 12.5. The Bertz CT molecular complexity index is 490. The summed E-state index contributed by atoms with van der Waals surface area (Å²) in [6.45, 7) is 2.29. The van der Waals surface area contributed by atoms with E-state index in [0.29, 0.717) is 29.0 Å². The number of anilines is 1. The Hall–Kier alpha value is -1.30. The number of halogens is 1. The normalized spacial score (nSPS) is 18.0. The summed E-state index contributed by atoms with van der Waals surface area (Å²) in [6, 6.07) is 5.65. The van der Waals surface area contributed by atoms with E-state index in [1.165, 1.54) is 12.8 Å². The molecule has 0 saturated carbocycles. The Kier molecular flexibility index (Phi) is 5.85. The molecule has 0 bridgehead atoms. The van der Waals surface area contributed by atoms with Crippen molar-refractivity contribution >= 4 is 23.2 Å². The van der Waals surface area contributed by atoms with Crippen molar-refractivity contribution in [1.29, 1.82) is 0 Å². The molecule has 1 saturated heterocycles. The fourth-order valence-corrected chi connectivity index (χ4v) is 2.74. The molecule has 116 valence electrons. The predicted octanol–water partition coefficient (Wildman–Crippen LogP) is 1.97. The van der Waals surface area contributed by atoms with E-state index in [-0.39, 0.29) is 5.91 Å². The Morgan fingerprint density at radius 1 is 1.57 bits per heavy atom. The molecule has 1 aliphatic heterocycles. The van der Waals surface area contributed by atoms with Crippen LogP contribution in [-0.2, 0) is 4.79 Å². The minimum atomic E-state index is -0.0731. The van der Waals surface area contributed by atoms with Gasteiger partial charge in [-0.05, 0) is 44.6 Å². The number of ether oxygens (including phenoxy) is 1. The zero-order chi connectivity index (χ0) is 15.2. The largest absolute Gasteiger partial charge is 0.495 e. The molecular weight excluding hydrogens is 290 g/mol. The summed E-state index contributed by atoms with van der Waals surface area (Å²) in [4.78, 5) is 14.1. The van der Waals surface area contributed by atoms with Gasteiger partial charge < -0.3 is 15.4 Å². The second-order valence-corrected chi connectivity index (χ2v) is 5.82. The minimum Gasteiger partial charge on any atom is -0.495 e. The Labute approximate surface area is 130 Å². The van der Waals surface area contributed by atoms with Gasteiger partial charge in [0.25, 0.3) is 0 Å². The molecule has 2 N–H and O–H groups in total. The number of carbonyl (C=O) groups excluding carboxylic acids is 1. The molecule has 5 nitrogen and oxygen atoms in total. The lowest BCUT2D eigenvalue weighted by Crippen LogP contribution is -2.39. The van der Waals surface area contributed by atoms with Crippen molar-refractivity contribution < 1.29 is 9.53 Å². The lowest BCUT2D eigenvalue weighted by Gasteiger charge is -2.20. The number of rotatable bonds is 6. The van der Waals surface area contributed by atoms with E-state index in [1.807, 2.05) is 11.9 Å². The van der Waals surface area contributed by atoms with Gasteiger partial charge in [0.2, 0.25) is 5.91 Å². The third-order valence-electron chi connectivity index (χ3n) is 3.54. The van der Waals surface area contributed by atoms with Crippen LogP contribution in [0.4, 0.5) is 5.69 Å². The maximum atomic E-state index is 12.1. The number of nitrogens with one attached hydrogen (secondary N) is 2. The molecule has 2 rings (SSSR count). The van der Waals surface area contributed by atoms with Crippen LogP contribution >= 0.6 is 11.6 Å². The molecule has 1 unspecified atom stereocenters. The SMILES string of the molecule is COc1ccc(Cl)cc1NC(=O)CN(C)CC1CCCN1. The van der Waals surface area contributed by atoms with Crippen molar-refractivity contribution in [3.8, 4) is 5.75 Å². The summed E-state index contributed by atoms with van der Waals surface area (Å²) in [5, 5.41) is 6.84. The zero-order valence-corrected chi connectivity index (χ0v) is 13.2. The summed E-state index contributed by atoms with van der Waals surface area (Å²) in [6.07, 6.45) is 2.39. The van der Waals surface area contributed by atoms with Crippen molar-refractivity contribution in [2.75, 3.05) is 39.1 Å². The molecule has 1 aromatic rings. The fourth-order valence-electron chi connectivity index (χ4n) is 2.57. The average Bonchev–Trinajstić information content (AvgIpc) is 2.91. The molecule has 1 aliphatic rings. The molecule has 0 aromatic heterocycles. The number of likely N-dealkylation sites (N-methyl/N-ethyl adjacent to an activating group) is 1. The third kappa shape index (κ3) is 4.88. The molecule has 0 spiro atoms. The first-order valence-electron chi connectivity index (χ1n) is 7.14. The second-order valence-electron chi connectivity index (χ2n) is 5.38. The van der Waals surface area contributed by atoms with Gasteiger partial charge in [0.05, 0.1) is 19.3 Å². The quantitative estimate of drug-likeness (QED) is 0.843. The van der Waals surface area contributed by atoms with Gasteiger partial charge in [-0.2, -0.15) is 0 Å². The Morgan fingerprint density at radius 2 is 2.38 bits per heavy atom. The molecule has 1 fully saturated rings. The van der Waals surface area contributed by atoms with Gasteiger partial charge in [-0.25, -0.2) is 0 Å². The fraction of sp³-hybridized carbons (Fsp3) is 0.533. The van der Waals surface area contributed by atoms with Gasteiger partial charge >= 0.3 is 0 Å². The van der Waals surface area contributed by atoms with E-state index >= 15 is 0 Å². The van der Waals surface area contributed by atoms with Crippen LogP contribution in [0.2, 0.25) is 5.02 Å². The van der Waals surface area contributed by atoms with E-state index in [2.05, 4.69) is 10.6 Å². The minimum absolute atomic E-state index is 0.0731. The molecule has 1 amide bonds. The highest BCUT2D eigenvalue weighted by Crippen LogP contribution is 2.27. The van der Waals surface area contributed by atoms with E-state index in [0.717, 1.165) is 13.1 Å². The first-order valence-corrected chi connectivity index (χ1v) is 7.51. The molecule has 0 aliphatic carbocycles. The highest BCUT2D eigenvalue weighted by atomic mass is 35.5. The van der Waals surface area contributed by atoms with Gasteiger partial charge in [0.1, 0.15) is 5.75 Å². The first-order chi connectivity index (χ1) is 10.1. The number of methoxy groups -OCH3 is 1. The smallest absolute Gasteiger partial charge is 0.238 e. The monoisotopic (exact) mass is 311 g/mol. The van der Waals surface area contributed by atoms with Crippen LogP contribution in [0.3, 0.4) is 0 Å². The molecule has 1 atom stereocenters. The maximum Gasteiger partial charge on any atom is 0.238 e. The van der Waals surface area contributed by atoms with Crippen LogP contribution in [0.25, 0.3) is 0 Å². The van der Waals surface area contributed by atoms with Gasteiger partial charge in [-0.1, -0.05) is 11.6 Å². The maximum absolute atomic E-state index is 12.1. The predicted molar refractivity (Wildman–Crippen MR) is 85.2 cm³/mol. The Morgan fingerprint density at radius 3 is 3.05 bits per heavy atom. The number of hydrogen-bond acceptors (Lipinski definition) is 4. The number of carbonyl (C=O) groups is 1. The topological polar surface area (TPSA) is 53.6 Å². The van der Waals surface area contributed by atoms with Gasteiger partial charge in [0, 0.05) is 17.6 Å². The van der Waals surface area contributed by atoms with Gasteiger partial charge in [-0.15, -0.1) is 0 Å². The first kappa shape index (κ1) is 16.1. The highest BCUT2D eigenvalue weighted by Gasteiger charge is 2.17. The van der Waals surface area contributed by atoms with Crippen LogP contribution in [0.1, 0.15) is 12.8 Å². The lowest BCUT2D eigenvalue weighted by atomic mass is 10.2. The number of nitrogens with zero attached hydrogens (tertiary/aromatic N) is 1. The van der Waals surface area contributed by atoms with Crippen LogP contribution in [0.5, 0.6) is 5.75 Å². The Balaban J connectivity index is 1.87. The molecule has 0 radical (unpaired) electrons. The van der Waals surface area contributed by atoms with Gasteiger partial charge in [-0.3, -0.25) is 9.69 Å². The highest BCUT2D eigenvalue weighted by molar-refractivity contribution is 6.31. The van der Waals surface area contributed by atoms with E-state index in [9.17, 15) is 4.79 Å². The lowest BCUT2D eigenvalue weighted by molar-refractivity contribution is -0.117. The van der Waals surface area contributed by atoms with E-state index < -0.39 is 0 Å².